The van der Waals surface area contributed by atoms with Crippen LogP contribution in [0.15, 0.2) is 18.2 Å². The Bertz CT molecular complexity index is 494. The molecule has 1 fully saturated rings. The Labute approximate surface area is 110 Å². The largest absolute Gasteiger partial charge is 0.508 e. The smallest absolute Gasteiger partial charge is 0.119 e. The standard InChI is InChI=1S/C16H22NO/c1-15(2)14-10-11-12(6-5-7-13(11)18)16(15,3)8-9-17(14)4/h5-7,14,18H,4,8-10H2,1-3H3/q-1. The summed E-state index contributed by atoms with van der Waals surface area (Å²) in [5.41, 5.74) is 2.81. The van der Waals surface area contributed by atoms with E-state index in [0.29, 0.717) is 11.8 Å². The summed E-state index contributed by atoms with van der Waals surface area (Å²) < 4.78 is 0. The molecule has 0 amide bonds. The third-order valence-corrected chi connectivity index (χ3v) is 5.74. The van der Waals surface area contributed by atoms with Gasteiger partial charge in [-0.3, -0.25) is 7.05 Å². The number of nitrogens with zero attached hydrogens (tertiary/aromatic N) is 1. The van der Waals surface area contributed by atoms with E-state index in [1.165, 1.54) is 5.56 Å². The number of hydrogen-bond donors (Lipinski definition) is 1. The average molecular weight is 244 g/mol. The molecule has 1 aliphatic carbocycles. The Morgan fingerprint density at radius 1 is 1.33 bits per heavy atom. The molecule has 2 unspecified atom stereocenters. The van der Waals surface area contributed by atoms with E-state index in [1.54, 1.807) is 0 Å². The number of likely N-dealkylation sites (tertiary alicyclic amines) is 1. The molecule has 98 valence electrons. The second kappa shape index (κ2) is 3.51. The minimum atomic E-state index is 0.137. The maximum absolute atomic E-state index is 10.1. The summed E-state index contributed by atoms with van der Waals surface area (Å²) in [5, 5.41) is 10.1. The highest BCUT2D eigenvalue weighted by Gasteiger charge is 2.53. The number of piperidine rings is 1. The van der Waals surface area contributed by atoms with Gasteiger partial charge in [0.2, 0.25) is 0 Å². The Balaban J connectivity index is 2.25. The van der Waals surface area contributed by atoms with Gasteiger partial charge in [-0.1, -0.05) is 32.9 Å². The Morgan fingerprint density at radius 2 is 2.06 bits per heavy atom. The zero-order chi connectivity index (χ0) is 13.1. The first kappa shape index (κ1) is 12.0. The van der Waals surface area contributed by atoms with Gasteiger partial charge in [0.15, 0.2) is 0 Å². The maximum Gasteiger partial charge on any atom is 0.119 e. The lowest BCUT2D eigenvalue weighted by atomic mass is 9.51. The van der Waals surface area contributed by atoms with Crippen molar-refractivity contribution in [1.82, 2.24) is 4.90 Å². The van der Waals surface area contributed by atoms with Crippen molar-refractivity contribution in [1.29, 1.82) is 0 Å². The van der Waals surface area contributed by atoms with Crippen molar-refractivity contribution in [3.63, 3.8) is 0 Å². The summed E-state index contributed by atoms with van der Waals surface area (Å²) in [4.78, 5) is 2.22. The second-order valence-electron chi connectivity index (χ2n) is 6.64. The molecule has 3 rings (SSSR count). The summed E-state index contributed by atoms with van der Waals surface area (Å²) in [6.07, 6.45) is 2.02. The zero-order valence-corrected chi connectivity index (χ0v) is 11.5. The lowest BCUT2D eigenvalue weighted by molar-refractivity contribution is -0.0156. The molecule has 1 aliphatic heterocycles. The molecule has 1 saturated heterocycles. The van der Waals surface area contributed by atoms with E-state index in [0.717, 1.165) is 24.9 Å². The highest BCUT2D eigenvalue weighted by Crippen LogP contribution is 2.56. The minimum Gasteiger partial charge on any atom is -0.508 e. The van der Waals surface area contributed by atoms with Gasteiger partial charge in [-0.05, 0) is 48.0 Å². The molecule has 1 heterocycles. The second-order valence-corrected chi connectivity index (χ2v) is 6.64. The fraction of sp³-hybridized carbons (Fsp3) is 0.562. The first-order valence-corrected chi connectivity index (χ1v) is 6.76. The molecule has 2 aliphatic rings. The predicted molar refractivity (Wildman–Crippen MR) is 73.4 cm³/mol. The molecule has 2 atom stereocenters. The number of fused-ring (bicyclic) bond motifs is 4. The van der Waals surface area contributed by atoms with E-state index in [4.69, 9.17) is 0 Å². The van der Waals surface area contributed by atoms with Gasteiger partial charge in [-0.2, -0.15) is 0 Å². The predicted octanol–water partition coefficient (Wildman–Crippen LogP) is 3.10. The normalized spacial score (nSPS) is 34.1. The monoisotopic (exact) mass is 244 g/mol. The Hall–Kier alpha value is -1.02. The molecular weight excluding hydrogens is 222 g/mol. The quantitative estimate of drug-likeness (QED) is 0.709. The van der Waals surface area contributed by atoms with Crippen LogP contribution in [0, 0.1) is 12.5 Å². The fourth-order valence-corrected chi connectivity index (χ4v) is 4.03. The van der Waals surface area contributed by atoms with Gasteiger partial charge in [-0.15, -0.1) is 0 Å². The molecule has 18 heavy (non-hydrogen) atoms. The van der Waals surface area contributed by atoms with E-state index >= 15 is 0 Å². The summed E-state index contributed by atoms with van der Waals surface area (Å²) in [6, 6.07) is 6.40. The molecule has 0 spiro atoms. The van der Waals surface area contributed by atoms with E-state index in [2.05, 4.69) is 38.8 Å². The molecule has 2 heteroatoms. The van der Waals surface area contributed by atoms with Gasteiger partial charge in [-0.25, -0.2) is 0 Å². The van der Waals surface area contributed by atoms with Gasteiger partial charge in [0.05, 0.1) is 0 Å². The highest BCUT2D eigenvalue weighted by atomic mass is 16.3. The number of phenolic OH excluding ortho intramolecular Hbond substituents is 1. The van der Waals surface area contributed by atoms with Gasteiger partial charge < -0.3 is 10.0 Å². The van der Waals surface area contributed by atoms with Crippen molar-refractivity contribution in [2.75, 3.05) is 6.54 Å². The summed E-state index contributed by atoms with van der Waals surface area (Å²) in [5.74, 6) is 0.453. The van der Waals surface area contributed by atoms with Gasteiger partial charge in [0.25, 0.3) is 0 Å². The molecule has 2 bridgehead atoms. The first-order valence-electron chi connectivity index (χ1n) is 6.76. The Kier molecular flexibility index (Phi) is 2.34. The first-order chi connectivity index (χ1) is 8.38. The van der Waals surface area contributed by atoms with Crippen molar-refractivity contribution < 1.29 is 5.11 Å². The number of hydrogen-bond acceptors (Lipinski definition) is 2. The van der Waals surface area contributed by atoms with Crippen LogP contribution in [0.5, 0.6) is 5.75 Å². The van der Waals surface area contributed by atoms with Crippen LogP contribution in [0.4, 0.5) is 0 Å². The van der Waals surface area contributed by atoms with Crippen molar-refractivity contribution in [3.05, 3.63) is 36.4 Å². The number of rotatable bonds is 0. The van der Waals surface area contributed by atoms with Crippen molar-refractivity contribution in [3.8, 4) is 5.75 Å². The van der Waals surface area contributed by atoms with Gasteiger partial charge in [0, 0.05) is 5.41 Å². The van der Waals surface area contributed by atoms with E-state index < -0.39 is 0 Å². The summed E-state index contributed by atoms with van der Waals surface area (Å²) in [6.45, 7) is 8.09. The van der Waals surface area contributed by atoms with E-state index in [9.17, 15) is 5.11 Å². The zero-order valence-electron chi connectivity index (χ0n) is 11.5. The molecule has 0 aromatic heterocycles. The number of phenols is 1. The van der Waals surface area contributed by atoms with Crippen LogP contribution in [0.3, 0.4) is 0 Å². The van der Waals surface area contributed by atoms with Crippen LogP contribution in [0.2, 0.25) is 0 Å². The molecule has 1 N–H and O–H groups in total. The molecule has 0 radical (unpaired) electrons. The number of aromatic hydroxyl groups is 1. The number of benzene rings is 1. The topological polar surface area (TPSA) is 23.5 Å². The lowest BCUT2D eigenvalue weighted by Crippen LogP contribution is -2.62. The minimum absolute atomic E-state index is 0.137. The van der Waals surface area contributed by atoms with Crippen LogP contribution in [-0.4, -0.2) is 22.6 Å². The SMILES string of the molecule is [CH2-]N1CCC2(C)c3cccc(O)c3CC1C2(C)C. The third kappa shape index (κ3) is 1.27. The van der Waals surface area contributed by atoms with Crippen LogP contribution in [-0.2, 0) is 11.8 Å². The van der Waals surface area contributed by atoms with Gasteiger partial charge >= 0.3 is 0 Å². The molecular formula is C16H22NO-. The third-order valence-electron chi connectivity index (χ3n) is 5.74. The van der Waals surface area contributed by atoms with Crippen molar-refractivity contribution in [2.24, 2.45) is 5.41 Å². The van der Waals surface area contributed by atoms with E-state index in [-0.39, 0.29) is 10.8 Å². The van der Waals surface area contributed by atoms with Crippen molar-refractivity contribution >= 4 is 0 Å². The molecule has 2 nitrogen and oxygen atoms in total. The highest BCUT2D eigenvalue weighted by molar-refractivity contribution is 5.48. The van der Waals surface area contributed by atoms with Crippen LogP contribution in [0.1, 0.15) is 38.3 Å². The summed E-state index contributed by atoms with van der Waals surface area (Å²) >= 11 is 0. The average Bonchev–Trinajstić information content (AvgIpc) is 2.30. The van der Waals surface area contributed by atoms with E-state index in [1.807, 2.05) is 12.1 Å². The fourth-order valence-electron chi connectivity index (χ4n) is 4.03. The van der Waals surface area contributed by atoms with Crippen LogP contribution in [0.25, 0.3) is 0 Å². The lowest BCUT2D eigenvalue weighted by Gasteiger charge is -2.63. The molecule has 1 aromatic carbocycles. The van der Waals surface area contributed by atoms with Crippen molar-refractivity contribution in [2.45, 2.75) is 45.1 Å². The molecule has 0 saturated carbocycles. The van der Waals surface area contributed by atoms with Crippen LogP contribution < -0.4 is 0 Å². The van der Waals surface area contributed by atoms with Crippen LogP contribution >= 0.6 is 0 Å². The maximum atomic E-state index is 10.1. The summed E-state index contributed by atoms with van der Waals surface area (Å²) in [7, 11) is 4.20. The Morgan fingerprint density at radius 3 is 2.78 bits per heavy atom. The van der Waals surface area contributed by atoms with Gasteiger partial charge in [0.1, 0.15) is 5.75 Å². The molecule has 1 aromatic rings.